The second kappa shape index (κ2) is 5.14. The van der Waals surface area contributed by atoms with Gasteiger partial charge in [0, 0.05) is 26.7 Å². The molecular weight excluding hydrogens is 216 g/mol. The Labute approximate surface area is 101 Å². The number of carbonyl (C=O) groups is 1. The normalized spacial score (nSPS) is 19.1. The second-order valence-electron chi connectivity index (χ2n) is 4.24. The molecule has 0 spiro atoms. The summed E-state index contributed by atoms with van der Waals surface area (Å²) in [6.07, 6.45) is 2.90. The highest BCUT2D eigenvalue weighted by Crippen LogP contribution is 2.17. The van der Waals surface area contributed by atoms with Crippen molar-refractivity contribution in [2.75, 3.05) is 32.1 Å². The van der Waals surface area contributed by atoms with Crippen molar-refractivity contribution in [3.63, 3.8) is 0 Å². The summed E-state index contributed by atoms with van der Waals surface area (Å²) in [6.45, 7) is 2.08. The van der Waals surface area contributed by atoms with E-state index in [1.807, 2.05) is 6.07 Å². The fraction of sp³-hybridized carbons (Fsp3) is 0.500. The van der Waals surface area contributed by atoms with Gasteiger partial charge in [-0.25, -0.2) is 4.98 Å². The highest BCUT2D eigenvalue weighted by atomic mass is 16.1. The molecule has 2 rings (SSSR count). The minimum absolute atomic E-state index is 0.151. The molecule has 17 heavy (non-hydrogen) atoms. The Balaban J connectivity index is 2.09. The predicted molar refractivity (Wildman–Crippen MR) is 67.3 cm³/mol. The van der Waals surface area contributed by atoms with Gasteiger partial charge in [-0.2, -0.15) is 0 Å². The Hall–Kier alpha value is -1.62. The first-order chi connectivity index (χ1) is 8.22. The first-order valence-electron chi connectivity index (χ1n) is 5.84. The van der Waals surface area contributed by atoms with Crippen LogP contribution in [0.3, 0.4) is 0 Å². The van der Waals surface area contributed by atoms with E-state index in [0.29, 0.717) is 11.7 Å². The van der Waals surface area contributed by atoms with Crippen molar-refractivity contribution in [3.8, 4) is 0 Å². The Bertz CT molecular complexity index is 384. The largest absolute Gasteiger partial charge is 0.369 e. The maximum Gasteiger partial charge on any atom is 0.269 e. The van der Waals surface area contributed by atoms with Crippen LogP contribution in [0.15, 0.2) is 18.3 Å². The zero-order valence-electron chi connectivity index (χ0n) is 10.2. The van der Waals surface area contributed by atoms with Crippen molar-refractivity contribution >= 4 is 11.6 Å². The van der Waals surface area contributed by atoms with E-state index >= 15 is 0 Å². The third-order valence-electron chi connectivity index (χ3n) is 3.20. The number of anilines is 1. The van der Waals surface area contributed by atoms with Gasteiger partial charge in [0.15, 0.2) is 0 Å². The van der Waals surface area contributed by atoms with Crippen LogP contribution in [0, 0.1) is 0 Å². The minimum Gasteiger partial charge on any atom is -0.369 e. The lowest BCUT2D eigenvalue weighted by Gasteiger charge is -2.25. The van der Waals surface area contributed by atoms with Crippen LogP contribution in [-0.4, -0.2) is 44.1 Å². The second-order valence-corrected chi connectivity index (χ2v) is 4.24. The van der Waals surface area contributed by atoms with Crippen molar-refractivity contribution in [1.82, 2.24) is 15.6 Å². The van der Waals surface area contributed by atoms with Crippen molar-refractivity contribution in [1.29, 1.82) is 0 Å². The average molecular weight is 234 g/mol. The SMILES string of the molecule is CNC(=O)c1ccc(N(C)C2CCNC2)cn1. The van der Waals surface area contributed by atoms with Gasteiger partial charge >= 0.3 is 0 Å². The Morgan fingerprint density at radius 2 is 2.41 bits per heavy atom. The smallest absolute Gasteiger partial charge is 0.269 e. The number of carbonyl (C=O) groups excluding carboxylic acids is 1. The molecule has 0 radical (unpaired) electrons. The number of amides is 1. The third kappa shape index (κ3) is 2.55. The molecule has 2 N–H and O–H groups in total. The molecule has 5 nitrogen and oxygen atoms in total. The third-order valence-corrected chi connectivity index (χ3v) is 3.20. The van der Waals surface area contributed by atoms with Crippen LogP contribution in [0.5, 0.6) is 0 Å². The van der Waals surface area contributed by atoms with Crippen LogP contribution < -0.4 is 15.5 Å². The fourth-order valence-corrected chi connectivity index (χ4v) is 2.04. The fourth-order valence-electron chi connectivity index (χ4n) is 2.04. The van der Waals surface area contributed by atoms with Crippen LogP contribution in [0.4, 0.5) is 5.69 Å². The number of pyridine rings is 1. The van der Waals surface area contributed by atoms with Gasteiger partial charge in [-0.15, -0.1) is 0 Å². The Kier molecular flexibility index (Phi) is 3.58. The highest BCUT2D eigenvalue weighted by molar-refractivity contribution is 5.92. The first kappa shape index (κ1) is 11.9. The molecule has 1 aliphatic rings. The zero-order chi connectivity index (χ0) is 12.3. The summed E-state index contributed by atoms with van der Waals surface area (Å²) >= 11 is 0. The molecule has 0 aliphatic carbocycles. The number of hydrogen-bond acceptors (Lipinski definition) is 4. The summed E-state index contributed by atoms with van der Waals surface area (Å²) in [5.41, 5.74) is 1.50. The van der Waals surface area contributed by atoms with Crippen molar-refractivity contribution in [3.05, 3.63) is 24.0 Å². The molecule has 1 aromatic rings. The molecule has 1 fully saturated rings. The molecule has 1 atom stereocenters. The lowest BCUT2D eigenvalue weighted by Crippen LogP contribution is -2.33. The summed E-state index contributed by atoms with van der Waals surface area (Å²) < 4.78 is 0. The van der Waals surface area contributed by atoms with E-state index in [4.69, 9.17) is 0 Å². The molecule has 1 unspecified atom stereocenters. The maximum atomic E-state index is 11.4. The number of rotatable bonds is 3. The molecule has 0 saturated carbocycles. The van der Waals surface area contributed by atoms with Gasteiger partial charge in [0.2, 0.25) is 0 Å². The molecule has 1 aromatic heterocycles. The van der Waals surface area contributed by atoms with Gasteiger partial charge in [0.25, 0.3) is 5.91 Å². The lowest BCUT2D eigenvalue weighted by molar-refractivity contribution is 0.0958. The van der Waals surface area contributed by atoms with Crippen LogP contribution in [0.25, 0.3) is 0 Å². The molecule has 1 aliphatic heterocycles. The topological polar surface area (TPSA) is 57.3 Å². The number of aromatic nitrogens is 1. The molecule has 0 aromatic carbocycles. The van der Waals surface area contributed by atoms with Gasteiger partial charge in [0.1, 0.15) is 5.69 Å². The van der Waals surface area contributed by atoms with Gasteiger partial charge in [0.05, 0.1) is 11.9 Å². The molecule has 1 amide bonds. The maximum absolute atomic E-state index is 11.4. The summed E-state index contributed by atoms with van der Waals surface area (Å²) in [4.78, 5) is 17.7. The van der Waals surface area contributed by atoms with E-state index in [1.54, 1.807) is 19.3 Å². The number of likely N-dealkylation sites (N-methyl/N-ethyl adjacent to an activating group) is 1. The average Bonchev–Trinajstić information content (AvgIpc) is 2.91. The van der Waals surface area contributed by atoms with E-state index < -0.39 is 0 Å². The van der Waals surface area contributed by atoms with E-state index in [-0.39, 0.29) is 5.91 Å². The van der Waals surface area contributed by atoms with Crippen molar-refractivity contribution in [2.24, 2.45) is 0 Å². The van der Waals surface area contributed by atoms with E-state index in [1.165, 1.54) is 0 Å². The quantitative estimate of drug-likeness (QED) is 0.786. The van der Waals surface area contributed by atoms with Gasteiger partial charge < -0.3 is 15.5 Å². The lowest BCUT2D eigenvalue weighted by atomic mass is 10.2. The first-order valence-corrected chi connectivity index (χ1v) is 5.84. The Morgan fingerprint density at radius 3 is 2.94 bits per heavy atom. The van der Waals surface area contributed by atoms with Crippen LogP contribution in [-0.2, 0) is 0 Å². The monoisotopic (exact) mass is 234 g/mol. The van der Waals surface area contributed by atoms with E-state index in [2.05, 4.69) is 27.6 Å². The van der Waals surface area contributed by atoms with Crippen LogP contribution in [0.2, 0.25) is 0 Å². The molecule has 5 heteroatoms. The number of nitrogens with zero attached hydrogens (tertiary/aromatic N) is 2. The number of nitrogens with one attached hydrogen (secondary N) is 2. The summed E-state index contributed by atoms with van der Waals surface area (Å²) in [5.74, 6) is -0.151. The standard InChI is InChI=1S/C12H18N4O/c1-13-12(17)11-4-3-9(8-15-11)16(2)10-5-6-14-7-10/h3-4,8,10,14H,5-7H2,1-2H3,(H,13,17). The van der Waals surface area contributed by atoms with Gasteiger partial charge in [-0.05, 0) is 25.1 Å². The van der Waals surface area contributed by atoms with E-state index in [0.717, 1.165) is 25.2 Å². The van der Waals surface area contributed by atoms with Gasteiger partial charge in [-0.3, -0.25) is 4.79 Å². The highest BCUT2D eigenvalue weighted by Gasteiger charge is 2.19. The predicted octanol–water partition coefficient (Wildman–Crippen LogP) is 0.239. The summed E-state index contributed by atoms with van der Waals surface area (Å²) in [6, 6.07) is 4.21. The molecular formula is C12H18N4O. The van der Waals surface area contributed by atoms with E-state index in [9.17, 15) is 4.79 Å². The molecule has 2 heterocycles. The minimum atomic E-state index is -0.151. The zero-order valence-corrected chi connectivity index (χ0v) is 10.2. The van der Waals surface area contributed by atoms with Crippen LogP contribution >= 0.6 is 0 Å². The summed E-state index contributed by atoms with van der Waals surface area (Å²) in [7, 11) is 3.67. The summed E-state index contributed by atoms with van der Waals surface area (Å²) in [5, 5.41) is 5.90. The molecule has 0 bridgehead atoms. The van der Waals surface area contributed by atoms with Crippen molar-refractivity contribution in [2.45, 2.75) is 12.5 Å². The Morgan fingerprint density at radius 1 is 1.59 bits per heavy atom. The van der Waals surface area contributed by atoms with Gasteiger partial charge in [-0.1, -0.05) is 0 Å². The van der Waals surface area contributed by atoms with Crippen molar-refractivity contribution < 1.29 is 4.79 Å². The van der Waals surface area contributed by atoms with Crippen LogP contribution in [0.1, 0.15) is 16.9 Å². The molecule has 92 valence electrons. The molecule has 1 saturated heterocycles. The number of hydrogen-bond donors (Lipinski definition) is 2.